The van der Waals surface area contributed by atoms with Crippen molar-refractivity contribution in [2.24, 2.45) is 11.5 Å². The van der Waals surface area contributed by atoms with Crippen LogP contribution in [0.3, 0.4) is 0 Å². The van der Waals surface area contributed by atoms with Crippen LogP contribution in [0.15, 0.2) is 48.0 Å². The Bertz CT molecular complexity index is 799. The van der Waals surface area contributed by atoms with E-state index in [2.05, 4.69) is 6.58 Å². The Hall–Kier alpha value is -2.19. The molecule has 0 aliphatic carbocycles. The molecule has 5 N–H and O–H groups in total. The third kappa shape index (κ3) is 5.99. The normalized spacial score (nSPS) is 10.5. The molecule has 2 rings (SSSR count). The molecule has 0 fully saturated rings. The molecule has 0 aromatic heterocycles. The van der Waals surface area contributed by atoms with Gasteiger partial charge >= 0.3 is 0 Å². The number of nitrogens with two attached hydrogens (primary N) is 2. The number of benzene rings is 2. The molecule has 0 saturated heterocycles. The van der Waals surface area contributed by atoms with Gasteiger partial charge in [0.1, 0.15) is 23.1 Å². The van der Waals surface area contributed by atoms with Crippen molar-refractivity contribution in [3.63, 3.8) is 0 Å². The third-order valence-corrected chi connectivity index (χ3v) is 4.66. The van der Waals surface area contributed by atoms with Gasteiger partial charge in [-0.25, -0.2) is 8.78 Å². The number of halogens is 2. The largest absolute Gasteiger partial charge is 0.457 e. The first-order valence-electron chi connectivity index (χ1n) is 7.14. The predicted molar refractivity (Wildman–Crippen MR) is 101 cm³/mol. The molecule has 0 unspecified atom stereocenters. The summed E-state index contributed by atoms with van der Waals surface area (Å²) in [7, 11) is 0. The molecule has 0 aliphatic rings. The summed E-state index contributed by atoms with van der Waals surface area (Å²) in [5.41, 5.74) is 12.1. The number of ether oxygens (including phenoxy) is 1. The number of amidine groups is 1. The second kappa shape index (κ2) is 8.77. The molecule has 0 aliphatic heterocycles. The minimum Gasteiger partial charge on any atom is -0.457 e. The first-order chi connectivity index (χ1) is 11.8. The molecule has 8 heteroatoms. The van der Waals surface area contributed by atoms with Gasteiger partial charge in [-0.05, 0) is 24.3 Å². The van der Waals surface area contributed by atoms with Crippen molar-refractivity contribution in [2.75, 3.05) is 0 Å². The summed E-state index contributed by atoms with van der Waals surface area (Å²) in [5.74, 6) is 0.538. The van der Waals surface area contributed by atoms with Crippen molar-refractivity contribution in [3.05, 3.63) is 70.8 Å². The zero-order valence-electron chi connectivity index (χ0n) is 13.2. The minimum atomic E-state index is -0.447. The summed E-state index contributed by atoms with van der Waals surface area (Å²) in [5, 5.41) is 7.64. The fraction of sp³-hybridized carbons (Fsp3) is 0.118. The van der Waals surface area contributed by atoms with E-state index in [1.807, 2.05) is 0 Å². The molecule has 0 spiro atoms. The lowest BCUT2D eigenvalue weighted by atomic mass is 10.2. The van der Waals surface area contributed by atoms with Crippen molar-refractivity contribution in [1.29, 1.82) is 5.41 Å². The van der Waals surface area contributed by atoms with E-state index >= 15 is 0 Å². The molecule has 2 aromatic carbocycles. The van der Waals surface area contributed by atoms with E-state index in [0.29, 0.717) is 27.8 Å². The molecule has 4 nitrogen and oxygen atoms in total. The number of hydrogen-bond donors (Lipinski definition) is 3. The summed E-state index contributed by atoms with van der Waals surface area (Å²) < 4.78 is 33.0. The minimum absolute atomic E-state index is 0.0838. The van der Waals surface area contributed by atoms with Gasteiger partial charge in [-0.3, -0.25) is 5.41 Å². The number of nitrogens with one attached hydrogen (secondary N) is 1. The maximum absolute atomic E-state index is 13.6. The zero-order chi connectivity index (χ0) is 18.4. The highest BCUT2D eigenvalue weighted by Crippen LogP contribution is 2.33. The van der Waals surface area contributed by atoms with Crippen molar-refractivity contribution < 1.29 is 13.5 Å². The Balaban J connectivity index is 2.30. The zero-order valence-corrected chi connectivity index (χ0v) is 14.9. The number of rotatable bonds is 7. The second-order valence-electron chi connectivity index (χ2n) is 5.01. The van der Waals surface area contributed by atoms with E-state index in [9.17, 15) is 8.78 Å². The maximum atomic E-state index is 13.6. The quantitative estimate of drug-likeness (QED) is 0.484. The summed E-state index contributed by atoms with van der Waals surface area (Å²) >= 11 is 2.36. The average Bonchev–Trinajstić information content (AvgIpc) is 2.54. The highest BCUT2D eigenvalue weighted by molar-refractivity contribution is 8.13. The van der Waals surface area contributed by atoms with Gasteiger partial charge in [0.25, 0.3) is 0 Å². The van der Waals surface area contributed by atoms with Gasteiger partial charge in [0, 0.05) is 28.7 Å². The Morgan fingerprint density at radius 2 is 1.60 bits per heavy atom. The Morgan fingerprint density at radius 1 is 0.960 bits per heavy atom. The van der Waals surface area contributed by atoms with Crippen LogP contribution in [0.1, 0.15) is 11.1 Å². The molecule has 0 radical (unpaired) electrons. The van der Waals surface area contributed by atoms with E-state index in [0.717, 1.165) is 17.3 Å². The summed E-state index contributed by atoms with van der Waals surface area (Å²) in [6.07, 6.45) is 0. The smallest absolute Gasteiger partial charge is 0.151 e. The maximum Gasteiger partial charge on any atom is 0.151 e. The number of hydrogen-bond acceptors (Lipinski definition) is 5. The first kappa shape index (κ1) is 19.1. The Morgan fingerprint density at radius 3 is 2.28 bits per heavy atom. The van der Waals surface area contributed by atoms with Gasteiger partial charge < -0.3 is 16.2 Å². The van der Waals surface area contributed by atoms with Crippen LogP contribution in [0.25, 0.3) is 0 Å². The summed E-state index contributed by atoms with van der Waals surface area (Å²) in [6.45, 7) is 3.62. The Kier molecular flexibility index (Phi) is 6.72. The molecule has 0 bridgehead atoms. The first-order valence-corrected chi connectivity index (χ1v) is 9.11. The lowest BCUT2D eigenvalue weighted by molar-refractivity contribution is 0.466. The fourth-order valence-corrected chi connectivity index (χ4v) is 3.06. The van der Waals surface area contributed by atoms with Crippen LogP contribution in [0.4, 0.5) is 8.78 Å². The van der Waals surface area contributed by atoms with Crippen LogP contribution in [0, 0.1) is 17.0 Å². The van der Waals surface area contributed by atoms with Gasteiger partial charge in [0.2, 0.25) is 0 Å². The molecular weight excluding hydrogens is 364 g/mol. The van der Waals surface area contributed by atoms with Gasteiger partial charge in [-0.15, -0.1) is 11.8 Å². The van der Waals surface area contributed by atoms with Crippen molar-refractivity contribution in [2.45, 2.75) is 11.5 Å². The van der Waals surface area contributed by atoms with Gasteiger partial charge in [-0.1, -0.05) is 24.4 Å². The lowest BCUT2D eigenvalue weighted by Crippen LogP contribution is -2.04. The topological polar surface area (TPSA) is 85.1 Å². The highest BCUT2D eigenvalue weighted by Gasteiger charge is 2.12. The van der Waals surface area contributed by atoms with E-state index < -0.39 is 11.6 Å². The number of thioether (sulfide) groups is 2. The molecule has 132 valence electrons. The molecule has 0 saturated carbocycles. The van der Waals surface area contributed by atoms with E-state index in [1.165, 1.54) is 42.1 Å². The van der Waals surface area contributed by atoms with Crippen LogP contribution in [-0.4, -0.2) is 5.17 Å². The van der Waals surface area contributed by atoms with Crippen LogP contribution < -0.4 is 16.2 Å². The van der Waals surface area contributed by atoms with Crippen LogP contribution >= 0.6 is 23.5 Å². The molecular formula is C17H17F2N3OS2. The average molecular weight is 381 g/mol. The van der Waals surface area contributed by atoms with Gasteiger partial charge in [0.15, 0.2) is 5.17 Å². The second-order valence-corrected chi connectivity index (χ2v) is 7.13. The van der Waals surface area contributed by atoms with E-state index in [4.69, 9.17) is 21.6 Å². The molecule has 0 heterocycles. The van der Waals surface area contributed by atoms with Crippen LogP contribution in [0.2, 0.25) is 0 Å². The highest BCUT2D eigenvalue weighted by atomic mass is 32.2. The molecule has 25 heavy (non-hydrogen) atoms. The monoisotopic (exact) mass is 381 g/mol. The van der Waals surface area contributed by atoms with E-state index in [-0.39, 0.29) is 10.9 Å². The standard InChI is InChI=1S/C17H17F2N3OS2/c1-10(20)24-8-11-2-3-14(19)7-16(11)23-15-5-4-13(18)6-12(15)9-25-17(21)22/h2-7H,1,8-9,20H2,(H3,21,22). The fourth-order valence-electron chi connectivity index (χ4n) is 1.95. The van der Waals surface area contributed by atoms with Crippen LogP contribution in [0.5, 0.6) is 11.5 Å². The van der Waals surface area contributed by atoms with Crippen molar-refractivity contribution in [3.8, 4) is 11.5 Å². The molecule has 2 aromatic rings. The molecule has 0 amide bonds. The third-order valence-electron chi connectivity index (χ3n) is 3.07. The van der Waals surface area contributed by atoms with Crippen molar-refractivity contribution in [1.82, 2.24) is 0 Å². The van der Waals surface area contributed by atoms with E-state index in [1.54, 1.807) is 6.07 Å². The molecule has 0 atom stereocenters. The van der Waals surface area contributed by atoms with Crippen molar-refractivity contribution >= 4 is 28.7 Å². The Labute approximate surface area is 153 Å². The summed E-state index contributed by atoms with van der Waals surface area (Å²) in [4.78, 5) is 0. The van der Waals surface area contributed by atoms with Gasteiger partial charge in [-0.2, -0.15) is 0 Å². The predicted octanol–water partition coefficient (Wildman–Crippen LogP) is 4.55. The van der Waals surface area contributed by atoms with Gasteiger partial charge in [0.05, 0.1) is 5.03 Å². The summed E-state index contributed by atoms with van der Waals surface area (Å²) in [6, 6.07) is 8.23. The SMILES string of the molecule is C=C(N)SCc1ccc(F)cc1Oc1ccc(F)cc1CSC(=N)N. The lowest BCUT2D eigenvalue weighted by Gasteiger charge is -2.14. The van der Waals surface area contributed by atoms with Crippen LogP contribution in [-0.2, 0) is 11.5 Å².